The highest BCUT2D eigenvalue weighted by Gasteiger charge is 2.07. The van der Waals surface area contributed by atoms with Gasteiger partial charge < -0.3 is 4.42 Å². The molecule has 1 amide bonds. The standard InChI is InChI=1S/C9H11NO3/c1-3-8(12)10-9-5-4-7(13-9)6(2)11/h4-5H,3H2,1-2H3,(H,10,12). The molecule has 0 saturated carbocycles. The first-order chi connectivity index (χ1) is 6.13. The van der Waals surface area contributed by atoms with Crippen molar-refractivity contribution in [2.24, 2.45) is 0 Å². The summed E-state index contributed by atoms with van der Waals surface area (Å²) < 4.78 is 5.04. The molecule has 0 radical (unpaired) electrons. The van der Waals surface area contributed by atoms with Gasteiger partial charge in [-0.25, -0.2) is 0 Å². The molecule has 0 fully saturated rings. The Kier molecular flexibility index (Phi) is 2.84. The molecule has 1 rings (SSSR count). The van der Waals surface area contributed by atoms with Crippen molar-refractivity contribution in [1.82, 2.24) is 0 Å². The lowest BCUT2D eigenvalue weighted by molar-refractivity contribution is -0.116. The summed E-state index contributed by atoms with van der Waals surface area (Å²) in [5.41, 5.74) is 0. The van der Waals surface area contributed by atoms with Gasteiger partial charge in [0.2, 0.25) is 5.91 Å². The van der Waals surface area contributed by atoms with Crippen LogP contribution in [0, 0.1) is 0 Å². The zero-order chi connectivity index (χ0) is 9.84. The smallest absolute Gasteiger partial charge is 0.226 e. The Morgan fingerprint density at radius 2 is 2.15 bits per heavy atom. The molecule has 1 aromatic heterocycles. The summed E-state index contributed by atoms with van der Waals surface area (Å²) in [5.74, 6) is 0.282. The van der Waals surface area contributed by atoms with Crippen LogP contribution in [0.4, 0.5) is 5.88 Å². The monoisotopic (exact) mass is 181 g/mol. The van der Waals surface area contributed by atoms with Gasteiger partial charge in [-0.1, -0.05) is 6.92 Å². The fourth-order valence-corrected chi connectivity index (χ4v) is 0.820. The van der Waals surface area contributed by atoms with Gasteiger partial charge in [0.15, 0.2) is 17.4 Å². The van der Waals surface area contributed by atoms with Gasteiger partial charge >= 0.3 is 0 Å². The van der Waals surface area contributed by atoms with E-state index in [1.807, 2.05) is 0 Å². The SMILES string of the molecule is CCC(=O)Nc1ccc(C(C)=O)o1. The number of hydrogen-bond acceptors (Lipinski definition) is 3. The van der Waals surface area contributed by atoms with Crippen molar-refractivity contribution in [3.63, 3.8) is 0 Å². The lowest BCUT2D eigenvalue weighted by atomic mass is 10.3. The van der Waals surface area contributed by atoms with E-state index < -0.39 is 0 Å². The second-order valence-electron chi connectivity index (χ2n) is 2.62. The molecule has 1 N–H and O–H groups in total. The van der Waals surface area contributed by atoms with E-state index in [2.05, 4.69) is 5.32 Å². The number of rotatable bonds is 3. The number of carbonyl (C=O) groups is 2. The molecular weight excluding hydrogens is 170 g/mol. The minimum Gasteiger partial charge on any atom is -0.437 e. The number of amides is 1. The van der Waals surface area contributed by atoms with Crippen LogP contribution in [0.2, 0.25) is 0 Å². The van der Waals surface area contributed by atoms with Crippen LogP contribution < -0.4 is 5.32 Å². The Morgan fingerprint density at radius 1 is 1.46 bits per heavy atom. The van der Waals surface area contributed by atoms with Crippen LogP contribution in [0.25, 0.3) is 0 Å². The van der Waals surface area contributed by atoms with Gasteiger partial charge in [-0.15, -0.1) is 0 Å². The normalized spacial score (nSPS) is 9.69. The Labute approximate surface area is 75.9 Å². The van der Waals surface area contributed by atoms with Crippen LogP contribution in [-0.4, -0.2) is 11.7 Å². The molecule has 70 valence electrons. The van der Waals surface area contributed by atoms with Crippen LogP contribution in [0.3, 0.4) is 0 Å². The predicted molar refractivity (Wildman–Crippen MR) is 47.6 cm³/mol. The second kappa shape index (κ2) is 3.89. The molecule has 1 heterocycles. The van der Waals surface area contributed by atoms with E-state index in [4.69, 9.17) is 4.42 Å². The Bertz CT molecular complexity index is 327. The summed E-state index contributed by atoms with van der Waals surface area (Å²) in [7, 11) is 0. The first-order valence-corrected chi connectivity index (χ1v) is 4.04. The number of hydrogen-bond donors (Lipinski definition) is 1. The zero-order valence-corrected chi connectivity index (χ0v) is 7.59. The number of ketones is 1. The van der Waals surface area contributed by atoms with Gasteiger partial charge in [-0.05, 0) is 6.07 Å². The number of furan rings is 1. The van der Waals surface area contributed by atoms with Crippen LogP contribution in [0.1, 0.15) is 30.8 Å². The van der Waals surface area contributed by atoms with E-state index in [9.17, 15) is 9.59 Å². The van der Waals surface area contributed by atoms with Gasteiger partial charge in [-0.2, -0.15) is 0 Å². The molecule has 13 heavy (non-hydrogen) atoms. The van der Waals surface area contributed by atoms with Gasteiger partial charge in [0.05, 0.1) is 0 Å². The van der Waals surface area contributed by atoms with Gasteiger partial charge in [0, 0.05) is 19.4 Å². The van der Waals surface area contributed by atoms with Crippen molar-refractivity contribution in [2.75, 3.05) is 5.32 Å². The zero-order valence-electron chi connectivity index (χ0n) is 7.59. The minimum absolute atomic E-state index is 0.135. The molecule has 0 unspecified atom stereocenters. The maximum atomic E-state index is 10.9. The van der Waals surface area contributed by atoms with E-state index in [1.165, 1.54) is 13.0 Å². The van der Waals surface area contributed by atoms with Crippen molar-refractivity contribution in [1.29, 1.82) is 0 Å². The Hall–Kier alpha value is -1.58. The molecule has 0 saturated heterocycles. The summed E-state index contributed by atoms with van der Waals surface area (Å²) in [6.45, 7) is 3.15. The summed E-state index contributed by atoms with van der Waals surface area (Å²) in [4.78, 5) is 21.7. The molecular formula is C9H11NO3. The van der Waals surface area contributed by atoms with E-state index >= 15 is 0 Å². The summed E-state index contributed by atoms with van der Waals surface area (Å²) in [6.07, 6.45) is 0.385. The number of anilines is 1. The maximum Gasteiger partial charge on any atom is 0.226 e. The maximum absolute atomic E-state index is 10.9. The van der Waals surface area contributed by atoms with Crippen LogP contribution in [0.5, 0.6) is 0 Å². The van der Waals surface area contributed by atoms with Crippen molar-refractivity contribution >= 4 is 17.6 Å². The number of nitrogens with one attached hydrogen (secondary N) is 1. The highest BCUT2D eigenvalue weighted by Crippen LogP contribution is 2.13. The fraction of sp³-hybridized carbons (Fsp3) is 0.333. The van der Waals surface area contributed by atoms with Crippen molar-refractivity contribution in [3.05, 3.63) is 17.9 Å². The van der Waals surface area contributed by atoms with E-state index in [0.29, 0.717) is 12.3 Å². The molecule has 0 spiro atoms. The van der Waals surface area contributed by atoms with Crippen LogP contribution in [-0.2, 0) is 4.79 Å². The largest absolute Gasteiger partial charge is 0.437 e. The average Bonchev–Trinajstić information content (AvgIpc) is 2.52. The molecule has 0 aliphatic heterocycles. The van der Waals surface area contributed by atoms with E-state index in [0.717, 1.165) is 0 Å². The third kappa shape index (κ3) is 2.43. The highest BCUT2D eigenvalue weighted by atomic mass is 16.4. The fourth-order valence-electron chi connectivity index (χ4n) is 0.820. The molecule has 0 aromatic carbocycles. The highest BCUT2D eigenvalue weighted by molar-refractivity contribution is 5.93. The number of carbonyl (C=O) groups excluding carboxylic acids is 2. The minimum atomic E-state index is -0.156. The van der Waals surface area contributed by atoms with Crippen molar-refractivity contribution in [3.8, 4) is 0 Å². The lowest BCUT2D eigenvalue weighted by Crippen LogP contribution is -2.08. The summed E-state index contributed by atoms with van der Waals surface area (Å²) in [5, 5.41) is 2.51. The molecule has 0 bridgehead atoms. The molecule has 4 nitrogen and oxygen atoms in total. The average molecular weight is 181 g/mol. The molecule has 4 heteroatoms. The van der Waals surface area contributed by atoms with Gasteiger partial charge in [-0.3, -0.25) is 14.9 Å². The van der Waals surface area contributed by atoms with Crippen molar-refractivity contribution < 1.29 is 14.0 Å². The summed E-state index contributed by atoms with van der Waals surface area (Å²) in [6, 6.07) is 3.10. The molecule has 0 atom stereocenters. The molecule has 0 aliphatic rings. The Morgan fingerprint density at radius 3 is 2.62 bits per heavy atom. The first-order valence-electron chi connectivity index (χ1n) is 4.04. The number of Topliss-reactive ketones (excluding diaryl/α,β-unsaturated/α-hetero) is 1. The predicted octanol–water partition coefficient (Wildman–Crippen LogP) is 1.83. The van der Waals surface area contributed by atoms with Gasteiger partial charge in [0.25, 0.3) is 0 Å². The molecule has 0 aliphatic carbocycles. The topological polar surface area (TPSA) is 59.3 Å². The van der Waals surface area contributed by atoms with Crippen LogP contribution in [0.15, 0.2) is 16.5 Å². The molecule has 1 aromatic rings. The quantitative estimate of drug-likeness (QED) is 0.723. The summed E-state index contributed by atoms with van der Waals surface area (Å²) >= 11 is 0. The van der Waals surface area contributed by atoms with Crippen molar-refractivity contribution in [2.45, 2.75) is 20.3 Å². The lowest BCUT2D eigenvalue weighted by Gasteiger charge is -1.96. The second-order valence-corrected chi connectivity index (χ2v) is 2.62. The van der Waals surface area contributed by atoms with E-state index in [-0.39, 0.29) is 17.5 Å². The van der Waals surface area contributed by atoms with E-state index in [1.54, 1.807) is 13.0 Å². The first kappa shape index (κ1) is 9.51. The third-order valence-electron chi connectivity index (χ3n) is 1.54. The van der Waals surface area contributed by atoms with Gasteiger partial charge in [0.1, 0.15) is 0 Å². The third-order valence-corrected chi connectivity index (χ3v) is 1.54. The van der Waals surface area contributed by atoms with Crippen LogP contribution >= 0.6 is 0 Å². The Balaban J connectivity index is 2.69.